The van der Waals surface area contributed by atoms with Crippen LogP contribution in [0, 0.1) is 5.82 Å². The molecule has 2 rings (SSSR count). The Bertz CT molecular complexity index is 634. The minimum Gasteiger partial charge on any atom is -0.481 e. The van der Waals surface area contributed by atoms with Crippen LogP contribution in [0.1, 0.15) is 0 Å². The predicted octanol–water partition coefficient (Wildman–Crippen LogP) is 1.74. The number of carboxylic acids is 1. The van der Waals surface area contributed by atoms with Crippen molar-refractivity contribution in [2.24, 2.45) is 0 Å². The van der Waals surface area contributed by atoms with Gasteiger partial charge in [0.05, 0.1) is 10.2 Å². The third kappa shape index (κ3) is 3.04. The second kappa shape index (κ2) is 5.57. The Morgan fingerprint density at radius 1 is 1.53 bits per heavy atom. The normalized spacial score (nSPS) is 10.6. The van der Waals surface area contributed by atoms with Crippen LogP contribution in [-0.4, -0.2) is 31.7 Å². The topological polar surface area (TPSA) is 94.0 Å². The van der Waals surface area contributed by atoms with Crippen LogP contribution in [0.4, 0.5) is 4.39 Å². The van der Waals surface area contributed by atoms with Gasteiger partial charge in [-0.05, 0) is 34.1 Å². The molecule has 2 aromatic rings. The van der Waals surface area contributed by atoms with Crippen molar-refractivity contribution in [2.75, 3.05) is 11.6 Å². The van der Waals surface area contributed by atoms with Crippen LogP contribution < -0.4 is 5.84 Å². The molecule has 19 heavy (non-hydrogen) atoms. The van der Waals surface area contributed by atoms with Crippen molar-refractivity contribution in [1.29, 1.82) is 0 Å². The van der Waals surface area contributed by atoms with Crippen LogP contribution in [0.2, 0.25) is 0 Å². The average Bonchev–Trinajstić information content (AvgIpc) is 2.72. The van der Waals surface area contributed by atoms with E-state index in [0.717, 1.165) is 11.8 Å². The molecule has 0 aliphatic heterocycles. The van der Waals surface area contributed by atoms with Crippen molar-refractivity contribution in [3.8, 4) is 11.4 Å². The van der Waals surface area contributed by atoms with Gasteiger partial charge in [0.2, 0.25) is 5.16 Å². The van der Waals surface area contributed by atoms with E-state index in [1.54, 1.807) is 0 Å². The van der Waals surface area contributed by atoms with Gasteiger partial charge < -0.3 is 10.9 Å². The molecule has 0 aliphatic rings. The summed E-state index contributed by atoms with van der Waals surface area (Å²) in [5.41, 5.74) is 0.574. The summed E-state index contributed by atoms with van der Waals surface area (Å²) < 4.78 is 14.6. The third-order valence-corrected chi connectivity index (χ3v) is 3.70. The van der Waals surface area contributed by atoms with Gasteiger partial charge in [0.15, 0.2) is 5.82 Å². The number of nitrogens with zero attached hydrogens (tertiary/aromatic N) is 3. The molecule has 1 aromatic carbocycles. The molecule has 0 atom stereocenters. The van der Waals surface area contributed by atoms with E-state index in [4.69, 9.17) is 10.9 Å². The number of aromatic nitrogens is 3. The number of carbonyl (C=O) groups is 1. The highest BCUT2D eigenvalue weighted by molar-refractivity contribution is 9.10. The molecule has 0 saturated carbocycles. The van der Waals surface area contributed by atoms with Gasteiger partial charge in [-0.3, -0.25) is 4.79 Å². The summed E-state index contributed by atoms with van der Waals surface area (Å²) in [5.74, 6) is 4.57. The summed E-state index contributed by atoms with van der Waals surface area (Å²) in [6.45, 7) is 0. The van der Waals surface area contributed by atoms with Crippen LogP contribution >= 0.6 is 27.7 Å². The highest BCUT2D eigenvalue weighted by atomic mass is 79.9. The molecule has 0 unspecified atom stereocenters. The number of nitrogen functional groups attached to an aromatic ring is 1. The van der Waals surface area contributed by atoms with Crippen molar-refractivity contribution in [1.82, 2.24) is 14.9 Å². The molecule has 0 spiro atoms. The number of aliphatic carboxylic acids is 1. The lowest BCUT2D eigenvalue weighted by Gasteiger charge is -2.03. The maximum Gasteiger partial charge on any atom is 0.313 e. The summed E-state index contributed by atoms with van der Waals surface area (Å²) in [6.07, 6.45) is 0. The van der Waals surface area contributed by atoms with Crippen molar-refractivity contribution in [3.05, 3.63) is 28.5 Å². The first-order valence-electron chi connectivity index (χ1n) is 4.99. The number of benzene rings is 1. The van der Waals surface area contributed by atoms with Gasteiger partial charge >= 0.3 is 5.97 Å². The van der Waals surface area contributed by atoms with Crippen LogP contribution in [-0.2, 0) is 4.79 Å². The Labute approximate surface area is 119 Å². The number of nitrogens with two attached hydrogens (primary N) is 1. The van der Waals surface area contributed by atoms with Gasteiger partial charge in [-0.2, -0.15) is 0 Å². The predicted molar refractivity (Wildman–Crippen MR) is 71.6 cm³/mol. The Balaban J connectivity index is 2.30. The summed E-state index contributed by atoms with van der Waals surface area (Å²) in [6, 6.07) is 4.31. The van der Waals surface area contributed by atoms with Gasteiger partial charge in [0, 0.05) is 5.56 Å². The molecule has 0 bridgehead atoms. The maximum atomic E-state index is 13.1. The largest absolute Gasteiger partial charge is 0.481 e. The maximum absolute atomic E-state index is 13.1. The Morgan fingerprint density at radius 3 is 2.89 bits per heavy atom. The zero-order chi connectivity index (χ0) is 14.0. The van der Waals surface area contributed by atoms with E-state index in [-0.39, 0.29) is 15.4 Å². The fourth-order valence-electron chi connectivity index (χ4n) is 1.33. The van der Waals surface area contributed by atoms with Gasteiger partial charge in [-0.15, -0.1) is 10.2 Å². The molecule has 0 aliphatic carbocycles. The van der Waals surface area contributed by atoms with Crippen molar-refractivity contribution < 1.29 is 14.3 Å². The molecule has 0 amide bonds. The number of thioether (sulfide) groups is 1. The molecule has 3 N–H and O–H groups in total. The Kier molecular flexibility index (Phi) is 4.05. The van der Waals surface area contributed by atoms with Crippen molar-refractivity contribution in [3.63, 3.8) is 0 Å². The minimum absolute atomic E-state index is 0.164. The SMILES string of the molecule is Nn1c(SCC(=O)O)nnc1-c1ccc(F)c(Br)c1. The van der Waals surface area contributed by atoms with Crippen LogP contribution in [0.5, 0.6) is 0 Å². The first-order chi connectivity index (χ1) is 8.99. The fourth-order valence-corrected chi connectivity index (χ4v) is 2.29. The van der Waals surface area contributed by atoms with Crippen molar-refractivity contribution in [2.45, 2.75) is 5.16 Å². The van der Waals surface area contributed by atoms with Gasteiger partial charge in [0.1, 0.15) is 5.82 Å². The second-order valence-corrected chi connectivity index (χ2v) is 5.28. The molecule has 0 radical (unpaired) electrons. The van der Waals surface area contributed by atoms with E-state index in [1.807, 2.05) is 0 Å². The van der Waals surface area contributed by atoms with E-state index < -0.39 is 11.8 Å². The molecule has 6 nitrogen and oxygen atoms in total. The van der Waals surface area contributed by atoms with Crippen LogP contribution in [0.15, 0.2) is 27.8 Å². The number of hydrogen-bond acceptors (Lipinski definition) is 5. The quantitative estimate of drug-likeness (QED) is 0.646. The van der Waals surface area contributed by atoms with E-state index in [2.05, 4.69) is 26.1 Å². The monoisotopic (exact) mass is 346 g/mol. The molecule has 1 aromatic heterocycles. The summed E-state index contributed by atoms with van der Waals surface area (Å²) >= 11 is 4.03. The molecule has 0 saturated heterocycles. The third-order valence-electron chi connectivity index (χ3n) is 2.17. The molecule has 100 valence electrons. The van der Waals surface area contributed by atoms with Gasteiger partial charge in [-0.1, -0.05) is 11.8 Å². The zero-order valence-electron chi connectivity index (χ0n) is 9.38. The van der Waals surface area contributed by atoms with Crippen molar-refractivity contribution >= 4 is 33.7 Å². The smallest absolute Gasteiger partial charge is 0.313 e. The van der Waals surface area contributed by atoms with E-state index in [1.165, 1.54) is 22.9 Å². The molecular weight excluding hydrogens is 339 g/mol. The summed E-state index contributed by atoms with van der Waals surface area (Å²) in [5, 5.41) is 16.5. The van der Waals surface area contributed by atoms with E-state index >= 15 is 0 Å². The average molecular weight is 347 g/mol. The number of halogens is 2. The number of hydrogen-bond donors (Lipinski definition) is 2. The first-order valence-corrected chi connectivity index (χ1v) is 6.77. The van der Waals surface area contributed by atoms with Crippen LogP contribution in [0.3, 0.4) is 0 Å². The lowest BCUT2D eigenvalue weighted by molar-refractivity contribution is -0.133. The molecule has 0 fully saturated rings. The van der Waals surface area contributed by atoms with Crippen LogP contribution in [0.25, 0.3) is 11.4 Å². The first kappa shape index (κ1) is 13.8. The molecule has 9 heteroatoms. The molecule has 1 heterocycles. The summed E-state index contributed by atoms with van der Waals surface area (Å²) in [4.78, 5) is 10.5. The Hall–Kier alpha value is -1.61. The lowest BCUT2D eigenvalue weighted by Crippen LogP contribution is -2.12. The van der Waals surface area contributed by atoms with E-state index in [9.17, 15) is 9.18 Å². The number of carboxylic acid groups (broad SMARTS) is 1. The fraction of sp³-hybridized carbons (Fsp3) is 0.100. The van der Waals surface area contributed by atoms with E-state index in [0.29, 0.717) is 11.4 Å². The standard InChI is InChI=1S/C10H8BrFN4O2S/c11-6-3-5(1-2-7(6)12)9-14-15-10(16(9)13)19-4-8(17)18/h1-3H,4,13H2,(H,17,18). The summed E-state index contributed by atoms with van der Waals surface area (Å²) in [7, 11) is 0. The highest BCUT2D eigenvalue weighted by Gasteiger charge is 2.14. The van der Waals surface area contributed by atoms with Gasteiger partial charge in [0.25, 0.3) is 0 Å². The zero-order valence-corrected chi connectivity index (χ0v) is 11.8. The van der Waals surface area contributed by atoms with Gasteiger partial charge in [-0.25, -0.2) is 9.07 Å². The highest BCUT2D eigenvalue weighted by Crippen LogP contribution is 2.25. The Morgan fingerprint density at radius 2 is 2.26 bits per heavy atom. The second-order valence-electron chi connectivity index (χ2n) is 3.49. The minimum atomic E-state index is -0.973. The number of rotatable bonds is 4. The lowest BCUT2D eigenvalue weighted by atomic mass is 10.2. The molecular formula is C10H8BrFN4O2S.